The molecule has 0 saturated heterocycles. The fourth-order valence-corrected chi connectivity index (χ4v) is 4.78. The number of rotatable bonds is 6. The number of hydrogen-bond acceptors (Lipinski definition) is 4. The first-order chi connectivity index (χ1) is 11.6. The van der Waals surface area contributed by atoms with E-state index in [1.807, 2.05) is 6.92 Å². The first kappa shape index (κ1) is 19.5. The molecule has 0 aliphatic rings. The van der Waals surface area contributed by atoms with Gasteiger partial charge >= 0.3 is 0 Å². The molecule has 1 heterocycles. The molecule has 0 unspecified atom stereocenters. The smallest absolute Gasteiger partial charge is 0.256 e. The zero-order valence-electron chi connectivity index (χ0n) is 13.9. The van der Waals surface area contributed by atoms with Crippen molar-refractivity contribution in [1.29, 1.82) is 0 Å². The number of hydrogen-bond donors (Lipinski definition) is 2. The van der Waals surface area contributed by atoms with Gasteiger partial charge in [0.15, 0.2) is 11.6 Å². The van der Waals surface area contributed by atoms with Gasteiger partial charge in [-0.15, -0.1) is 11.3 Å². The van der Waals surface area contributed by atoms with Crippen LogP contribution in [0, 0.1) is 18.6 Å². The highest BCUT2D eigenvalue weighted by Crippen LogP contribution is 2.27. The van der Waals surface area contributed by atoms with E-state index in [1.54, 1.807) is 13.8 Å². The number of sulfonamides is 1. The van der Waals surface area contributed by atoms with E-state index in [2.05, 4.69) is 10.0 Å². The highest BCUT2D eigenvalue weighted by Gasteiger charge is 2.23. The molecule has 0 aliphatic heterocycles. The minimum Gasteiger partial charge on any atom is -0.322 e. The Morgan fingerprint density at radius 2 is 1.92 bits per heavy atom. The lowest BCUT2D eigenvalue weighted by atomic mass is 10.2. The molecule has 0 spiro atoms. The van der Waals surface area contributed by atoms with Crippen LogP contribution in [0.5, 0.6) is 0 Å². The van der Waals surface area contributed by atoms with Crippen LogP contribution in [0.15, 0.2) is 28.5 Å². The van der Waals surface area contributed by atoms with Crippen molar-refractivity contribution >= 4 is 33.0 Å². The van der Waals surface area contributed by atoms with Crippen LogP contribution < -0.4 is 10.0 Å². The molecular weight excluding hydrogens is 370 g/mol. The standard InChI is InChI=1S/C16H18F2N2O3S2/c1-4-9(2)20-25(22,23)15-8-12(10(3)24-15)16(21)19-11-5-6-13(17)14(18)7-11/h5-9,20H,4H2,1-3H3,(H,19,21)/t9-/m1/s1. The summed E-state index contributed by atoms with van der Waals surface area (Å²) in [5.74, 6) is -2.69. The summed E-state index contributed by atoms with van der Waals surface area (Å²) in [4.78, 5) is 12.8. The summed E-state index contributed by atoms with van der Waals surface area (Å²) in [7, 11) is -3.71. The summed E-state index contributed by atoms with van der Waals surface area (Å²) in [6, 6.07) is 4.03. The first-order valence-electron chi connectivity index (χ1n) is 7.53. The summed E-state index contributed by atoms with van der Waals surface area (Å²) in [5.41, 5.74) is 0.246. The van der Waals surface area contributed by atoms with E-state index in [0.29, 0.717) is 11.3 Å². The third kappa shape index (κ3) is 4.62. The van der Waals surface area contributed by atoms with Crippen molar-refractivity contribution in [2.24, 2.45) is 0 Å². The van der Waals surface area contributed by atoms with E-state index in [1.165, 1.54) is 12.1 Å². The van der Waals surface area contributed by atoms with Gasteiger partial charge < -0.3 is 5.32 Å². The van der Waals surface area contributed by atoms with Crippen molar-refractivity contribution in [3.05, 3.63) is 46.3 Å². The molecule has 2 N–H and O–H groups in total. The Kier molecular flexibility index (Phi) is 5.91. The van der Waals surface area contributed by atoms with Gasteiger partial charge in [0.05, 0.1) is 5.56 Å². The van der Waals surface area contributed by atoms with Crippen molar-refractivity contribution in [2.45, 2.75) is 37.4 Å². The van der Waals surface area contributed by atoms with Crippen LogP contribution in [0.2, 0.25) is 0 Å². The van der Waals surface area contributed by atoms with Crippen molar-refractivity contribution in [3.63, 3.8) is 0 Å². The fraction of sp³-hybridized carbons (Fsp3) is 0.312. The molecule has 2 aromatic rings. The third-order valence-electron chi connectivity index (χ3n) is 3.55. The van der Waals surface area contributed by atoms with Gasteiger partial charge in [-0.3, -0.25) is 4.79 Å². The minimum atomic E-state index is -3.71. The summed E-state index contributed by atoms with van der Waals surface area (Å²) < 4.78 is 53.3. The van der Waals surface area contributed by atoms with Crippen LogP contribution in [-0.2, 0) is 10.0 Å². The number of carbonyl (C=O) groups is 1. The number of aryl methyl sites for hydroxylation is 1. The second-order valence-electron chi connectivity index (χ2n) is 5.55. The number of anilines is 1. The number of benzene rings is 1. The SMILES string of the molecule is CC[C@@H](C)NS(=O)(=O)c1cc(C(=O)Nc2ccc(F)c(F)c2)c(C)s1. The molecule has 0 bridgehead atoms. The summed E-state index contributed by atoms with van der Waals surface area (Å²) >= 11 is 0.973. The van der Waals surface area contributed by atoms with Crippen LogP contribution in [0.1, 0.15) is 35.5 Å². The van der Waals surface area contributed by atoms with Crippen LogP contribution in [-0.4, -0.2) is 20.4 Å². The maximum atomic E-state index is 13.2. The zero-order valence-corrected chi connectivity index (χ0v) is 15.5. The number of carbonyl (C=O) groups excluding carboxylic acids is 1. The molecular formula is C16H18F2N2O3S2. The Balaban J connectivity index is 2.24. The van der Waals surface area contributed by atoms with Crippen molar-refractivity contribution in [1.82, 2.24) is 4.72 Å². The zero-order chi connectivity index (χ0) is 18.8. The summed E-state index contributed by atoms with van der Waals surface area (Å²) in [5, 5.41) is 2.43. The number of thiophene rings is 1. The highest BCUT2D eigenvalue weighted by atomic mass is 32.2. The lowest BCUT2D eigenvalue weighted by Gasteiger charge is -2.10. The van der Waals surface area contributed by atoms with E-state index in [9.17, 15) is 22.0 Å². The quantitative estimate of drug-likeness (QED) is 0.793. The second kappa shape index (κ2) is 7.59. The van der Waals surface area contributed by atoms with Gasteiger partial charge in [-0.1, -0.05) is 6.92 Å². The largest absolute Gasteiger partial charge is 0.322 e. The van der Waals surface area contributed by atoms with Gasteiger partial charge in [0.1, 0.15) is 4.21 Å². The van der Waals surface area contributed by atoms with Crippen LogP contribution in [0.3, 0.4) is 0 Å². The van der Waals surface area contributed by atoms with Crippen LogP contribution in [0.25, 0.3) is 0 Å². The maximum absolute atomic E-state index is 13.2. The predicted molar refractivity (Wildman–Crippen MR) is 93.4 cm³/mol. The number of nitrogens with one attached hydrogen (secondary N) is 2. The predicted octanol–water partition coefficient (Wildman–Crippen LogP) is 3.66. The molecule has 1 atom stereocenters. The monoisotopic (exact) mass is 388 g/mol. The number of halogens is 2. The molecule has 5 nitrogen and oxygen atoms in total. The third-order valence-corrected chi connectivity index (χ3v) is 6.66. The summed E-state index contributed by atoms with van der Waals surface area (Å²) in [6.45, 7) is 5.22. The average molecular weight is 388 g/mol. The topological polar surface area (TPSA) is 75.3 Å². The molecule has 0 fully saturated rings. The van der Waals surface area contributed by atoms with E-state index in [4.69, 9.17) is 0 Å². The molecule has 1 amide bonds. The lowest BCUT2D eigenvalue weighted by Crippen LogP contribution is -2.31. The molecule has 0 radical (unpaired) electrons. The van der Waals surface area contributed by atoms with Gasteiger partial charge in [0.2, 0.25) is 10.0 Å². The maximum Gasteiger partial charge on any atom is 0.256 e. The van der Waals surface area contributed by atoms with E-state index >= 15 is 0 Å². The second-order valence-corrected chi connectivity index (χ2v) is 8.75. The van der Waals surface area contributed by atoms with Crippen molar-refractivity contribution < 1.29 is 22.0 Å². The van der Waals surface area contributed by atoms with Gasteiger partial charge in [-0.25, -0.2) is 21.9 Å². The fourth-order valence-electron chi connectivity index (χ4n) is 1.99. The molecule has 25 heavy (non-hydrogen) atoms. The Morgan fingerprint density at radius 1 is 1.24 bits per heavy atom. The molecule has 136 valence electrons. The molecule has 1 aromatic carbocycles. The molecule has 1 aromatic heterocycles. The number of amides is 1. The van der Waals surface area contributed by atoms with Crippen molar-refractivity contribution in [2.75, 3.05) is 5.32 Å². The molecule has 9 heteroatoms. The van der Waals surface area contributed by atoms with Crippen molar-refractivity contribution in [3.8, 4) is 0 Å². The molecule has 2 rings (SSSR count). The van der Waals surface area contributed by atoms with E-state index < -0.39 is 27.6 Å². The molecule has 0 aliphatic carbocycles. The van der Waals surface area contributed by atoms with Gasteiger partial charge in [-0.05, 0) is 38.5 Å². The van der Waals surface area contributed by atoms with Crippen LogP contribution >= 0.6 is 11.3 Å². The van der Waals surface area contributed by atoms with Gasteiger partial charge in [0, 0.05) is 22.7 Å². The van der Waals surface area contributed by atoms with Gasteiger partial charge in [0.25, 0.3) is 5.91 Å². The average Bonchev–Trinajstić information content (AvgIpc) is 2.93. The minimum absolute atomic E-state index is 0.0285. The Labute approximate surface area is 149 Å². The lowest BCUT2D eigenvalue weighted by molar-refractivity contribution is 0.102. The Bertz CT molecular complexity index is 895. The Hall–Kier alpha value is -1.84. The normalized spacial score (nSPS) is 12.8. The van der Waals surface area contributed by atoms with E-state index in [0.717, 1.165) is 23.5 Å². The molecule has 0 saturated carbocycles. The highest BCUT2D eigenvalue weighted by molar-refractivity contribution is 7.91. The van der Waals surface area contributed by atoms with Crippen LogP contribution in [0.4, 0.5) is 14.5 Å². The van der Waals surface area contributed by atoms with E-state index in [-0.39, 0.29) is 21.5 Å². The Morgan fingerprint density at radius 3 is 2.52 bits per heavy atom. The summed E-state index contributed by atoms with van der Waals surface area (Å²) in [6.07, 6.45) is 0.632. The first-order valence-corrected chi connectivity index (χ1v) is 9.83. The van der Waals surface area contributed by atoms with Gasteiger partial charge in [-0.2, -0.15) is 0 Å².